The number of hydrogen-bond acceptors (Lipinski definition) is 3. The van der Waals surface area contributed by atoms with Crippen LogP contribution < -0.4 is 5.32 Å². The van der Waals surface area contributed by atoms with Crippen LogP contribution >= 0.6 is 27.3 Å². The van der Waals surface area contributed by atoms with Crippen molar-refractivity contribution < 1.29 is 14.7 Å². The standard InChI is InChI=1S/C10H10BrNO3S/c11-7-3-6(5-16-7)9(15)12-10(1-2-10)4-8(13)14/h3,5H,1-2,4H2,(H,12,15)(H,13,14). The van der Waals surface area contributed by atoms with Gasteiger partial charge in [-0.15, -0.1) is 11.3 Å². The first-order chi connectivity index (χ1) is 7.51. The monoisotopic (exact) mass is 303 g/mol. The molecule has 4 nitrogen and oxygen atoms in total. The van der Waals surface area contributed by atoms with Crippen molar-refractivity contribution in [2.45, 2.75) is 24.8 Å². The van der Waals surface area contributed by atoms with Crippen molar-refractivity contribution in [1.29, 1.82) is 0 Å². The van der Waals surface area contributed by atoms with Gasteiger partial charge in [-0.3, -0.25) is 9.59 Å². The molecule has 1 heterocycles. The van der Waals surface area contributed by atoms with Gasteiger partial charge in [0.25, 0.3) is 5.91 Å². The number of halogens is 1. The molecule has 1 fully saturated rings. The summed E-state index contributed by atoms with van der Waals surface area (Å²) in [7, 11) is 0. The van der Waals surface area contributed by atoms with Crippen LogP contribution in [0.1, 0.15) is 29.6 Å². The maximum atomic E-state index is 11.8. The fraction of sp³-hybridized carbons (Fsp3) is 0.400. The molecule has 0 spiro atoms. The minimum atomic E-state index is -0.871. The fourth-order valence-corrected chi connectivity index (χ4v) is 2.67. The van der Waals surface area contributed by atoms with Crippen LogP contribution in [0.15, 0.2) is 15.2 Å². The van der Waals surface area contributed by atoms with E-state index in [1.54, 1.807) is 11.4 Å². The first kappa shape index (κ1) is 11.6. The van der Waals surface area contributed by atoms with E-state index in [-0.39, 0.29) is 12.3 Å². The van der Waals surface area contributed by atoms with Crippen LogP contribution in [0.25, 0.3) is 0 Å². The van der Waals surface area contributed by atoms with Crippen LogP contribution in [0, 0.1) is 0 Å². The summed E-state index contributed by atoms with van der Waals surface area (Å²) in [6.07, 6.45) is 1.50. The lowest BCUT2D eigenvalue weighted by atomic mass is 10.1. The fourth-order valence-electron chi connectivity index (χ4n) is 1.53. The van der Waals surface area contributed by atoms with E-state index in [0.29, 0.717) is 5.56 Å². The zero-order valence-electron chi connectivity index (χ0n) is 8.33. The molecule has 0 aliphatic heterocycles. The first-order valence-corrected chi connectivity index (χ1v) is 6.46. The largest absolute Gasteiger partial charge is 0.481 e. The Hall–Kier alpha value is -0.880. The molecule has 1 amide bonds. The number of hydrogen-bond donors (Lipinski definition) is 2. The Labute approximate surface area is 105 Å². The molecule has 86 valence electrons. The molecule has 2 rings (SSSR count). The number of carboxylic acid groups (broad SMARTS) is 1. The summed E-state index contributed by atoms with van der Waals surface area (Å²) in [6, 6.07) is 1.73. The van der Waals surface area contributed by atoms with E-state index >= 15 is 0 Å². The number of carbonyl (C=O) groups excluding carboxylic acids is 1. The Kier molecular flexibility index (Phi) is 3.03. The molecule has 1 aliphatic carbocycles. The van der Waals surface area contributed by atoms with Crippen molar-refractivity contribution in [2.75, 3.05) is 0 Å². The SMILES string of the molecule is O=C(O)CC1(NC(=O)c2csc(Br)c2)CC1. The molecule has 0 radical (unpaired) electrons. The maximum absolute atomic E-state index is 11.8. The molecule has 0 atom stereocenters. The molecule has 0 bridgehead atoms. The quantitative estimate of drug-likeness (QED) is 0.896. The van der Waals surface area contributed by atoms with Crippen LogP contribution in [-0.4, -0.2) is 22.5 Å². The Balaban J connectivity index is 2.00. The lowest BCUT2D eigenvalue weighted by molar-refractivity contribution is -0.137. The van der Waals surface area contributed by atoms with Gasteiger partial charge in [0.15, 0.2) is 0 Å². The third kappa shape index (κ3) is 2.62. The van der Waals surface area contributed by atoms with Gasteiger partial charge in [-0.1, -0.05) is 0 Å². The van der Waals surface area contributed by atoms with Crippen LogP contribution in [0.4, 0.5) is 0 Å². The smallest absolute Gasteiger partial charge is 0.305 e. The molecule has 0 aromatic carbocycles. The van der Waals surface area contributed by atoms with E-state index in [0.717, 1.165) is 16.6 Å². The van der Waals surface area contributed by atoms with Gasteiger partial charge in [-0.2, -0.15) is 0 Å². The van der Waals surface area contributed by atoms with Gasteiger partial charge >= 0.3 is 5.97 Å². The van der Waals surface area contributed by atoms with Crippen LogP contribution in [0.5, 0.6) is 0 Å². The highest BCUT2D eigenvalue weighted by Crippen LogP contribution is 2.39. The molecular formula is C10H10BrNO3S. The van der Waals surface area contributed by atoms with Crippen LogP contribution in [0.2, 0.25) is 0 Å². The molecule has 1 aromatic rings. The Morgan fingerprint density at radius 1 is 1.56 bits per heavy atom. The van der Waals surface area contributed by atoms with Crippen molar-refractivity contribution in [3.8, 4) is 0 Å². The molecule has 1 aromatic heterocycles. The Morgan fingerprint density at radius 2 is 2.25 bits per heavy atom. The average Bonchev–Trinajstić information content (AvgIpc) is 2.76. The number of nitrogens with one attached hydrogen (secondary N) is 1. The summed E-state index contributed by atoms with van der Waals surface area (Å²) in [4.78, 5) is 22.4. The lowest BCUT2D eigenvalue weighted by Gasteiger charge is -2.14. The van der Waals surface area contributed by atoms with Crippen molar-refractivity contribution in [3.63, 3.8) is 0 Å². The van der Waals surface area contributed by atoms with Crippen molar-refractivity contribution in [2.24, 2.45) is 0 Å². The number of rotatable bonds is 4. The minimum Gasteiger partial charge on any atom is -0.481 e. The number of carbonyl (C=O) groups is 2. The zero-order valence-corrected chi connectivity index (χ0v) is 10.7. The topological polar surface area (TPSA) is 66.4 Å². The van der Waals surface area contributed by atoms with Crippen molar-refractivity contribution in [3.05, 3.63) is 20.8 Å². The maximum Gasteiger partial charge on any atom is 0.305 e. The third-order valence-electron chi connectivity index (χ3n) is 2.55. The summed E-state index contributed by atoms with van der Waals surface area (Å²) >= 11 is 4.71. The molecule has 0 unspecified atom stereocenters. The number of thiophene rings is 1. The lowest BCUT2D eigenvalue weighted by Crippen LogP contribution is -2.38. The van der Waals surface area contributed by atoms with E-state index in [1.165, 1.54) is 11.3 Å². The molecule has 6 heteroatoms. The molecule has 0 saturated heterocycles. The second kappa shape index (κ2) is 4.18. The molecule has 1 saturated carbocycles. The highest BCUT2D eigenvalue weighted by Gasteiger charge is 2.45. The van der Waals surface area contributed by atoms with Gasteiger partial charge in [-0.25, -0.2) is 0 Å². The summed E-state index contributed by atoms with van der Waals surface area (Å²) in [5.41, 5.74) is 0.0747. The van der Waals surface area contributed by atoms with Gasteiger partial charge in [-0.05, 0) is 34.8 Å². The van der Waals surface area contributed by atoms with E-state index in [4.69, 9.17) is 5.11 Å². The van der Waals surface area contributed by atoms with Gasteiger partial charge in [0.2, 0.25) is 0 Å². The molecular weight excluding hydrogens is 294 g/mol. The normalized spacial score (nSPS) is 16.8. The number of aliphatic carboxylic acids is 1. The zero-order chi connectivity index (χ0) is 11.8. The summed E-state index contributed by atoms with van der Waals surface area (Å²) in [5, 5.41) is 13.3. The summed E-state index contributed by atoms with van der Waals surface area (Å²) in [6.45, 7) is 0. The van der Waals surface area contributed by atoms with Crippen molar-refractivity contribution >= 4 is 39.1 Å². The Bertz CT molecular complexity index is 439. The van der Waals surface area contributed by atoms with Crippen LogP contribution in [0.3, 0.4) is 0 Å². The van der Waals surface area contributed by atoms with Gasteiger partial charge < -0.3 is 10.4 Å². The number of carboxylic acids is 1. The molecule has 2 N–H and O–H groups in total. The summed E-state index contributed by atoms with van der Waals surface area (Å²) < 4.78 is 0.890. The second-order valence-corrected chi connectivity index (χ2v) is 6.23. The predicted octanol–water partition coefficient (Wildman–Crippen LogP) is 2.25. The minimum absolute atomic E-state index is 0.00401. The van der Waals surface area contributed by atoms with Gasteiger partial charge in [0.05, 0.1) is 21.3 Å². The van der Waals surface area contributed by atoms with Gasteiger partial charge in [0.1, 0.15) is 0 Å². The average molecular weight is 304 g/mol. The van der Waals surface area contributed by atoms with Crippen LogP contribution in [-0.2, 0) is 4.79 Å². The highest BCUT2D eigenvalue weighted by atomic mass is 79.9. The summed E-state index contributed by atoms with van der Waals surface area (Å²) in [5.74, 6) is -1.06. The first-order valence-electron chi connectivity index (χ1n) is 4.79. The second-order valence-electron chi connectivity index (χ2n) is 3.94. The third-order valence-corrected chi connectivity index (χ3v) is 4.06. The van der Waals surface area contributed by atoms with E-state index < -0.39 is 11.5 Å². The predicted molar refractivity (Wildman–Crippen MR) is 63.7 cm³/mol. The molecule has 16 heavy (non-hydrogen) atoms. The highest BCUT2D eigenvalue weighted by molar-refractivity contribution is 9.11. The van der Waals surface area contributed by atoms with Crippen molar-refractivity contribution in [1.82, 2.24) is 5.32 Å². The molecule has 1 aliphatic rings. The van der Waals surface area contributed by atoms with E-state index in [1.807, 2.05) is 0 Å². The Morgan fingerprint density at radius 3 is 2.69 bits per heavy atom. The van der Waals surface area contributed by atoms with E-state index in [2.05, 4.69) is 21.2 Å². The van der Waals surface area contributed by atoms with E-state index in [9.17, 15) is 9.59 Å². The van der Waals surface area contributed by atoms with Gasteiger partial charge in [0, 0.05) is 5.38 Å². The number of amides is 1.